The van der Waals surface area contributed by atoms with Crippen LogP contribution >= 0.6 is 11.8 Å². The third-order valence-electron chi connectivity index (χ3n) is 5.68. The van der Waals surface area contributed by atoms with Crippen molar-refractivity contribution in [3.8, 4) is 0 Å². The highest BCUT2D eigenvalue weighted by atomic mass is 32.2. The van der Waals surface area contributed by atoms with E-state index >= 15 is 0 Å². The highest BCUT2D eigenvalue weighted by molar-refractivity contribution is 8.14. The average molecular weight is 513 g/mol. The molecule has 36 heavy (non-hydrogen) atoms. The Hall–Kier alpha value is -3.18. The summed E-state index contributed by atoms with van der Waals surface area (Å²) in [5, 5.41) is 15.7. The molecular formula is C25H36N8O2S. The lowest BCUT2D eigenvalue weighted by molar-refractivity contribution is 0.0605. The number of fused-ring (bicyclic) bond motifs is 1. The van der Waals surface area contributed by atoms with Gasteiger partial charge in [-0.2, -0.15) is 4.99 Å². The number of aromatic nitrogens is 2. The molecule has 10 nitrogen and oxygen atoms in total. The van der Waals surface area contributed by atoms with Crippen LogP contribution in [0.1, 0.15) is 46.5 Å². The van der Waals surface area contributed by atoms with E-state index in [0.717, 1.165) is 24.0 Å². The van der Waals surface area contributed by atoms with Gasteiger partial charge in [0.25, 0.3) is 0 Å². The van der Waals surface area contributed by atoms with Crippen LogP contribution in [0.2, 0.25) is 0 Å². The SMILES string of the molecule is CNC(Nc1ccc2ncc(N(C)C(C=NC(=O)OC(C)(C)C)=CN)cc2n1)SC(=N)C1CCCC1. The van der Waals surface area contributed by atoms with E-state index < -0.39 is 11.7 Å². The normalized spacial score (nSPS) is 15.9. The summed E-state index contributed by atoms with van der Waals surface area (Å²) in [6, 6.07) is 5.67. The first kappa shape index (κ1) is 27.4. The van der Waals surface area contributed by atoms with Gasteiger partial charge in [-0.25, -0.2) is 9.78 Å². The largest absolute Gasteiger partial charge is 0.442 e. The van der Waals surface area contributed by atoms with Gasteiger partial charge in [0.1, 0.15) is 16.9 Å². The Kier molecular flexibility index (Phi) is 9.27. The Labute approximate surface area is 216 Å². The second kappa shape index (κ2) is 12.2. The number of allylic oxidation sites excluding steroid dienone is 1. The predicted molar refractivity (Wildman–Crippen MR) is 149 cm³/mol. The van der Waals surface area contributed by atoms with Gasteiger partial charge in [-0.05, 0) is 58.9 Å². The third kappa shape index (κ3) is 7.66. The molecule has 1 atom stereocenters. The lowest BCUT2D eigenvalue weighted by Crippen LogP contribution is -2.32. The monoisotopic (exact) mass is 512 g/mol. The number of carbonyl (C=O) groups is 1. The Morgan fingerprint density at radius 1 is 1.33 bits per heavy atom. The third-order valence-corrected chi connectivity index (χ3v) is 6.85. The van der Waals surface area contributed by atoms with Gasteiger partial charge >= 0.3 is 6.09 Å². The maximum Gasteiger partial charge on any atom is 0.434 e. The Bertz CT molecular complexity index is 1140. The number of hydrogen-bond acceptors (Lipinski definition) is 10. The van der Waals surface area contributed by atoms with Crippen LogP contribution in [-0.2, 0) is 4.74 Å². The van der Waals surface area contributed by atoms with Gasteiger partial charge in [0, 0.05) is 19.2 Å². The number of nitrogens with one attached hydrogen (secondary N) is 3. The van der Waals surface area contributed by atoms with Crippen molar-refractivity contribution in [1.82, 2.24) is 15.3 Å². The van der Waals surface area contributed by atoms with Crippen molar-refractivity contribution in [2.24, 2.45) is 16.6 Å². The van der Waals surface area contributed by atoms with Crippen LogP contribution < -0.4 is 21.3 Å². The molecule has 1 amide bonds. The van der Waals surface area contributed by atoms with Crippen LogP contribution in [0.4, 0.5) is 16.3 Å². The number of hydrogen-bond donors (Lipinski definition) is 4. The average Bonchev–Trinajstić information content (AvgIpc) is 3.37. The fraction of sp³-hybridized carbons (Fsp3) is 0.480. The molecule has 1 fully saturated rings. The molecule has 2 aromatic rings. The van der Waals surface area contributed by atoms with Crippen LogP contribution in [0.3, 0.4) is 0 Å². The van der Waals surface area contributed by atoms with E-state index in [0.29, 0.717) is 28.0 Å². The second-order valence-corrected chi connectivity index (χ2v) is 10.7. The van der Waals surface area contributed by atoms with Crippen LogP contribution in [0.25, 0.3) is 11.0 Å². The Morgan fingerprint density at radius 3 is 2.69 bits per heavy atom. The van der Waals surface area contributed by atoms with E-state index in [2.05, 4.69) is 20.6 Å². The van der Waals surface area contributed by atoms with Crippen molar-refractivity contribution in [3.05, 3.63) is 36.3 Å². The first-order chi connectivity index (χ1) is 17.1. The van der Waals surface area contributed by atoms with E-state index in [9.17, 15) is 4.79 Å². The molecule has 3 rings (SSSR count). The van der Waals surface area contributed by atoms with Crippen LogP contribution in [-0.4, -0.2) is 52.5 Å². The van der Waals surface area contributed by atoms with E-state index in [-0.39, 0.29) is 5.50 Å². The smallest absolute Gasteiger partial charge is 0.434 e. The van der Waals surface area contributed by atoms with E-state index in [1.807, 2.05) is 25.2 Å². The van der Waals surface area contributed by atoms with Gasteiger partial charge in [-0.1, -0.05) is 24.6 Å². The van der Waals surface area contributed by atoms with Gasteiger partial charge in [0.2, 0.25) is 0 Å². The predicted octanol–water partition coefficient (Wildman–Crippen LogP) is 4.69. The molecule has 0 saturated heterocycles. The van der Waals surface area contributed by atoms with Gasteiger partial charge in [-0.3, -0.25) is 15.7 Å². The fourth-order valence-corrected chi connectivity index (χ4v) is 4.74. The minimum absolute atomic E-state index is 0.169. The van der Waals surface area contributed by atoms with Crippen LogP contribution in [0.15, 0.2) is 41.3 Å². The van der Waals surface area contributed by atoms with Gasteiger partial charge in [-0.15, -0.1) is 0 Å². The zero-order valence-electron chi connectivity index (χ0n) is 21.5. The number of ether oxygens (including phenoxy) is 1. The molecule has 1 unspecified atom stereocenters. The molecule has 0 aromatic carbocycles. The van der Waals surface area contributed by atoms with Crippen molar-refractivity contribution >= 4 is 51.7 Å². The lowest BCUT2D eigenvalue weighted by Gasteiger charge is -2.21. The maximum atomic E-state index is 11.9. The maximum absolute atomic E-state index is 11.9. The minimum Gasteiger partial charge on any atom is -0.442 e. The molecule has 0 radical (unpaired) electrons. The minimum atomic E-state index is -0.692. The molecule has 5 N–H and O–H groups in total. The summed E-state index contributed by atoms with van der Waals surface area (Å²) >= 11 is 1.49. The van der Waals surface area contributed by atoms with Gasteiger partial charge in [0.15, 0.2) is 0 Å². The lowest BCUT2D eigenvalue weighted by atomic mass is 10.1. The van der Waals surface area contributed by atoms with Crippen molar-refractivity contribution < 1.29 is 9.53 Å². The highest BCUT2D eigenvalue weighted by Crippen LogP contribution is 2.31. The van der Waals surface area contributed by atoms with Crippen molar-refractivity contribution in [2.75, 3.05) is 24.3 Å². The number of thioether (sulfide) groups is 1. The molecule has 2 heterocycles. The Morgan fingerprint density at radius 2 is 2.06 bits per heavy atom. The van der Waals surface area contributed by atoms with Crippen LogP contribution in [0, 0.1) is 11.3 Å². The summed E-state index contributed by atoms with van der Waals surface area (Å²) in [6.07, 6.45) is 8.33. The van der Waals surface area contributed by atoms with Crippen LogP contribution in [0.5, 0.6) is 0 Å². The van der Waals surface area contributed by atoms with E-state index in [1.54, 1.807) is 38.9 Å². The Balaban J connectivity index is 1.73. The summed E-state index contributed by atoms with van der Waals surface area (Å²) in [6.45, 7) is 5.33. The fourth-order valence-electron chi connectivity index (χ4n) is 3.76. The molecule has 0 bridgehead atoms. The number of rotatable bonds is 8. The number of nitrogens with zero attached hydrogens (tertiary/aromatic N) is 4. The zero-order valence-corrected chi connectivity index (χ0v) is 22.4. The summed E-state index contributed by atoms with van der Waals surface area (Å²) in [5.41, 5.74) is 7.65. The van der Waals surface area contributed by atoms with Crippen molar-refractivity contribution in [3.63, 3.8) is 0 Å². The molecule has 0 spiro atoms. The first-order valence-corrected chi connectivity index (χ1v) is 12.9. The summed E-state index contributed by atoms with van der Waals surface area (Å²) in [7, 11) is 3.66. The number of amides is 1. The number of carbonyl (C=O) groups excluding carboxylic acids is 1. The molecule has 2 aromatic heterocycles. The topological polar surface area (TPSA) is 142 Å². The van der Waals surface area contributed by atoms with Crippen molar-refractivity contribution in [2.45, 2.75) is 57.6 Å². The standard InChI is InChI=1S/C25H36N8O2S/c1-25(2,3)35-24(34)30-15-18(13-26)33(5)17-12-20-19(29-14-17)10-11-21(31-20)32-23(28-4)36-22(27)16-8-6-7-9-16/h10-16,23,27-28H,6-9,26H2,1-5H3,(H,31,32). The number of nitrogens with two attached hydrogens (primary N) is 1. The summed E-state index contributed by atoms with van der Waals surface area (Å²) in [5.74, 6) is 1.04. The highest BCUT2D eigenvalue weighted by Gasteiger charge is 2.23. The van der Waals surface area contributed by atoms with Gasteiger partial charge < -0.3 is 20.7 Å². The number of anilines is 2. The summed E-state index contributed by atoms with van der Waals surface area (Å²) < 4.78 is 5.21. The molecule has 0 aliphatic heterocycles. The summed E-state index contributed by atoms with van der Waals surface area (Å²) in [4.78, 5) is 26.8. The van der Waals surface area contributed by atoms with Gasteiger partial charge in [0.05, 0.1) is 39.9 Å². The molecular weight excluding hydrogens is 476 g/mol. The molecule has 1 aliphatic carbocycles. The number of pyridine rings is 2. The molecule has 194 valence electrons. The second-order valence-electron chi connectivity index (χ2n) is 9.59. The van der Waals surface area contributed by atoms with E-state index in [4.69, 9.17) is 20.9 Å². The molecule has 1 aliphatic rings. The number of aliphatic imine (C=N–C) groups is 1. The molecule has 1 saturated carbocycles. The van der Waals surface area contributed by atoms with Crippen molar-refractivity contribution in [1.29, 1.82) is 5.41 Å². The first-order valence-electron chi connectivity index (χ1n) is 12.0. The zero-order chi connectivity index (χ0) is 26.3. The van der Waals surface area contributed by atoms with E-state index in [1.165, 1.54) is 37.0 Å². The molecule has 11 heteroatoms. The quantitative estimate of drug-likeness (QED) is 0.225.